The number of ether oxygens (including phenoxy) is 1. The SMILES string of the molecule is C=C(C(=O)OC)C1C[C@H]2CC[C@@]1(C)C2(C)C.O=CO. The van der Waals surface area contributed by atoms with Gasteiger partial charge in [-0.25, -0.2) is 4.79 Å². The second kappa shape index (κ2) is 5.35. The van der Waals surface area contributed by atoms with E-state index in [0.29, 0.717) is 16.9 Å². The molecular weight excluding hydrogens is 244 g/mol. The molecule has 0 saturated heterocycles. The summed E-state index contributed by atoms with van der Waals surface area (Å²) >= 11 is 0. The summed E-state index contributed by atoms with van der Waals surface area (Å²) in [7, 11) is 1.44. The first-order valence-electron chi connectivity index (χ1n) is 6.61. The molecule has 2 fully saturated rings. The van der Waals surface area contributed by atoms with Gasteiger partial charge in [-0.15, -0.1) is 0 Å². The summed E-state index contributed by atoms with van der Waals surface area (Å²) in [6.45, 7) is 10.7. The molecule has 0 aliphatic heterocycles. The third kappa shape index (κ3) is 2.28. The highest BCUT2D eigenvalue weighted by molar-refractivity contribution is 5.88. The lowest BCUT2D eigenvalue weighted by Crippen LogP contribution is -2.34. The van der Waals surface area contributed by atoms with Crippen LogP contribution in [0.4, 0.5) is 0 Å². The van der Waals surface area contributed by atoms with Crippen LogP contribution in [-0.4, -0.2) is 24.7 Å². The molecule has 0 aromatic rings. The Labute approximate surface area is 114 Å². The average molecular weight is 268 g/mol. The Morgan fingerprint density at radius 2 is 1.95 bits per heavy atom. The van der Waals surface area contributed by atoms with Gasteiger partial charge in [0.1, 0.15) is 0 Å². The van der Waals surface area contributed by atoms with Crippen molar-refractivity contribution in [2.24, 2.45) is 22.7 Å². The second-order valence-corrected chi connectivity index (χ2v) is 6.29. The normalized spacial score (nSPS) is 34.1. The number of esters is 1. The molecule has 108 valence electrons. The quantitative estimate of drug-likeness (QED) is 0.475. The Morgan fingerprint density at radius 3 is 2.26 bits per heavy atom. The van der Waals surface area contributed by atoms with Crippen molar-refractivity contribution in [2.45, 2.75) is 40.0 Å². The van der Waals surface area contributed by atoms with Crippen LogP contribution < -0.4 is 0 Å². The van der Waals surface area contributed by atoms with Crippen LogP contribution in [0.1, 0.15) is 40.0 Å². The minimum absolute atomic E-state index is 0.225. The van der Waals surface area contributed by atoms with Crippen molar-refractivity contribution >= 4 is 12.4 Å². The fourth-order valence-corrected chi connectivity index (χ4v) is 4.00. The number of carbonyl (C=O) groups is 2. The average Bonchev–Trinajstić information content (AvgIpc) is 2.70. The summed E-state index contributed by atoms with van der Waals surface area (Å²) in [5.74, 6) is 0.826. The number of hydrogen-bond acceptors (Lipinski definition) is 3. The smallest absolute Gasteiger partial charge is 0.333 e. The fraction of sp³-hybridized carbons (Fsp3) is 0.733. The Hall–Kier alpha value is -1.32. The molecule has 2 aliphatic carbocycles. The van der Waals surface area contributed by atoms with Crippen molar-refractivity contribution in [3.63, 3.8) is 0 Å². The molecule has 2 rings (SSSR count). The maximum Gasteiger partial charge on any atom is 0.333 e. The summed E-state index contributed by atoms with van der Waals surface area (Å²) in [6.07, 6.45) is 3.62. The van der Waals surface area contributed by atoms with Gasteiger partial charge >= 0.3 is 5.97 Å². The molecule has 2 aliphatic rings. The van der Waals surface area contributed by atoms with E-state index in [1.54, 1.807) is 0 Å². The van der Waals surface area contributed by atoms with E-state index in [4.69, 9.17) is 14.6 Å². The first-order chi connectivity index (χ1) is 8.76. The standard InChI is InChI=1S/C14H22O2.CH2O2/c1-9(12(15)16-5)11-8-10-6-7-14(11,4)13(10,2)3;2-1-3/h10-11H,1,6-8H2,2-5H3;1H,(H,2,3)/t10-,11?,14-;/m1./s1. The molecule has 0 heterocycles. The van der Waals surface area contributed by atoms with Gasteiger partial charge in [-0.2, -0.15) is 0 Å². The molecular formula is C15H24O4. The zero-order valence-electron chi connectivity index (χ0n) is 12.2. The van der Waals surface area contributed by atoms with E-state index >= 15 is 0 Å². The summed E-state index contributed by atoms with van der Waals surface area (Å²) in [4.78, 5) is 20.0. The molecule has 0 spiro atoms. The monoisotopic (exact) mass is 268 g/mol. The van der Waals surface area contributed by atoms with Gasteiger partial charge in [0.15, 0.2) is 0 Å². The highest BCUT2D eigenvalue weighted by Crippen LogP contribution is 2.69. The van der Waals surface area contributed by atoms with Crippen molar-refractivity contribution in [1.82, 2.24) is 0 Å². The van der Waals surface area contributed by atoms with Gasteiger partial charge in [-0.1, -0.05) is 27.4 Å². The molecule has 19 heavy (non-hydrogen) atoms. The van der Waals surface area contributed by atoms with Gasteiger partial charge in [-0.3, -0.25) is 4.79 Å². The summed E-state index contributed by atoms with van der Waals surface area (Å²) < 4.78 is 4.81. The molecule has 2 bridgehead atoms. The van der Waals surface area contributed by atoms with Crippen LogP contribution in [0.15, 0.2) is 12.2 Å². The highest BCUT2D eigenvalue weighted by atomic mass is 16.5. The lowest BCUT2D eigenvalue weighted by Gasteiger charge is -2.39. The minimum Gasteiger partial charge on any atom is -0.483 e. The van der Waals surface area contributed by atoms with Gasteiger partial charge in [0.05, 0.1) is 7.11 Å². The molecule has 3 atom stereocenters. The zero-order chi connectivity index (χ0) is 14.8. The third-order valence-corrected chi connectivity index (χ3v) is 5.66. The van der Waals surface area contributed by atoms with Crippen molar-refractivity contribution in [3.8, 4) is 0 Å². The largest absolute Gasteiger partial charge is 0.483 e. The maximum absolute atomic E-state index is 11.6. The number of methoxy groups -OCH3 is 1. The van der Waals surface area contributed by atoms with Crippen LogP contribution in [0.5, 0.6) is 0 Å². The van der Waals surface area contributed by atoms with Crippen LogP contribution in [0, 0.1) is 22.7 Å². The summed E-state index contributed by atoms with van der Waals surface area (Å²) in [6, 6.07) is 0. The number of carboxylic acid groups (broad SMARTS) is 1. The predicted octanol–water partition coefficient (Wildman–Crippen LogP) is 2.88. The lowest BCUT2D eigenvalue weighted by atomic mass is 9.65. The minimum atomic E-state index is -0.250. The predicted molar refractivity (Wildman–Crippen MR) is 72.6 cm³/mol. The zero-order valence-corrected chi connectivity index (χ0v) is 12.2. The summed E-state index contributed by atoms with van der Waals surface area (Å²) in [5.41, 5.74) is 1.23. The van der Waals surface area contributed by atoms with Crippen molar-refractivity contribution in [1.29, 1.82) is 0 Å². The van der Waals surface area contributed by atoms with Gasteiger partial charge in [0, 0.05) is 5.57 Å². The number of rotatable bonds is 2. The maximum atomic E-state index is 11.6. The number of carbonyl (C=O) groups excluding carboxylic acids is 1. The molecule has 1 unspecified atom stereocenters. The Morgan fingerprint density at radius 1 is 1.42 bits per heavy atom. The Balaban J connectivity index is 0.000000550. The van der Waals surface area contributed by atoms with E-state index < -0.39 is 0 Å². The highest BCUT2D eigenvalue weighted by Gasteiger charge is 2.62. The topological polar surface area (TPSA) is 63.6 Å². The molecule has 0 aromatic heterocycles. The Kier molecular flexibility index (Phi) is 4.43. The fourth-order valence-electron chi connectivity index (χ4n) is 4.00. The van der Waals surface area contributed by atoms with Crippen molar-refractivity contribution in [2.75, 3.05) is 7.11 Å². The van der Waals surface area contributed by atoms with Gasteiger partial charge in [0.2, 0.25) is 0 Å². The molecule has 2 saturated carbocycles. The van der Waals surface area contributed by atoms with Gasteiger partial charge < -0.3 is 9.84 Å². The first kappa shape index (κ1) is 15.7. The van der Waals surface area contributed by atoms with Crippen LogP contribution in [0.25, 0.3) is 0 Å². The van der Waals surface area contributed by atoms with E-state index in [-0.39, 0.29) is 17.9 Å². The number of hydrogen-bond donors (Lipinski definition) is 1. The lowest BCUT2D eigenvalue weighted by molar-refractivity contribution is -0.137. The van der Waals surface area contributed by atoms with Crippen LogP contribution >= 0.6 is 0 Å². The van der Waals surface area contributed by atoms with E-state index in [1.165, 1.54) is 20.0 Å². The molecule has 4 heteroatoms. The second-order valence-electron chi connectivity index (χ2n) is 6.29. The molecule has 0 aromatic carbocycles. The molecule has 0 amide bonds. The van der Waals surface area contributed by atoms with E-state index in [2.05, 4.69) is 27.4 Å². The van der Waals surface area contributed by atoms with Crippen molar-refractivity contribution < 1.29 is 19.4 Å². The van der Waals surface area contributed by atoms with Crippen LogP contribution in [0.3, 0.4) is 0 Å². The first-order valence-corrected chi connectivity index (χ1v) is 6.61. The molecule has 1 N–H and O–H groups in total. The van der Waals surface area contributed by atoms with E-state index in [1.807, 2.05) is 0 Å². The van der Waals surface area contributed by atoms with Crippen LogP contribution in [-0.2, 0) is 14.3 Å². The van der Waals surface area contributed by atoms with E-state index in [9.17, 15) is 4.79 Å². The van der Waals surface area contributed by atoms with Crippen molar-refractivity contribution in [3.05, 3.63) is 12.2 Å². The Bertz CT molecular complexity index is 386. The van der Waals surface area contributed by atoms with Gasteiger partial charge in [-0.05, 0) is 41.9 Å². The van der Waals surface area contributed by atoms with E-state index in [0.717, 1.165) is 12.3 Å². The summed E-state index contributed by atoms with van der Waals surface area (Å²) in [5, 5.41) is 6.89. The van der Waals surface area contributed by atoms with Gasteiger partial charge in [0.25, 0.3) is 6.47 Å². The molecule has 4 nitrogen and oxygen atoms in total. The van der Waals surface area contributed by atoms with Crippen LogP contribution in [0.2, 0.25) is 0 Å². The molecule has 0 radical (unpaired) electrons. The third-order valence-electron chi connectivity index (χ3n) is 5.66. The number of fused-ring (bicyclic) bond motifs is 2.